The number of nitrogens with zero attached hydrogens (tertiary/aromatic N) is 2. The minimum atomic E-state index is -1.12. The van der Waals surface area contributed by atoms with Crippen LogP contribution < -0.4 is 20.2 Å². The van der Waals surface area contributed by atoms with Crippen LogP contribution >= 0.6 is 0 Å². The number of carbonyl (C=O) groups excluding carboxylic acids is 2. The van der Waals surface area contributed by atoms with E-state index in [-0.39, 0.29) is 18.8 Å². The number of aliphatic carboxylic acids is 1. The van der Waals surface area contributed by atoms with Crippen molar-refractivity contribution >= 4 is 24.2 Å². The molecule has 0 saturated heterocycles. The van der Waals surface area contributed by atoms with Crippen LogP contribution in [0.2, 0.25) is 0 Å². The van der Waals surface area contributed by atoms with Gasteiger partial charge in [0.1, 0.15) is 12.6 Å². The fourth-order valence-corrected chi connectivity index (χ4v) is 3.00. The van der Waals surface area contributed by atoms with Gasteiger partial charge in [0.05, 0.1) is 19.7 Å². The van der Waals surface area contributed by atoms with Gasteiger partial charge in [-0.25, -0.2) is 20.0 Å². The van der Waals surface area contributed by atoms with Crippen LogP contribution in [0.25, 0.3) is 0 Å². The summed E-state index contributed by atoms with van der Waals surface area (Å²) in [4.78, 5) is 42.6. The van der Waals surface area contributed by atoms with Crippen molar-refractivity contribution in [3.05, 3.63) is 77.9 Å². The number of ether oxygens (including phenoxy) is 3. The first kappa shape index (κ1) is 25.7. The van der Waals surface area contributed by atoms with Gasteiger partial charge >= 0.3 is 12.1 Å². The Morgan fingerprint density at radius 3 is 2.67 bits per heavy atom. The van der Waals surface area contributed by atoms with Gasteiger partial charge in [0.2, 0.25) is 0 Å². The van der Waals surface area contributed by atoms with Gasteiger partial charge in [0.15, 0.2) is 18.1 Å². The number of carboxylic acid groups (broad SMARTS) is 1. The van der Waals surface area contributed by atoms with E-state index in [1.54, 1.807) is 18.3 Å². The Morgan fingerprint density at radius 2 is 1.97 bits per heavy atom. The smallest absolute Gasteiger partial charge is 0.408 e. The Labute approximate surface area is 206 Å². The number of rotatable bonds is 12. The van der Waals surface area contributed by atoms with Gasteiger partial charge < -0.3 is 29.6 Å². The van der Waals surface area contributed by atoms with E-state index in [4.69, 9.17) is 19.3 Å². The lowest BCUT2D eigenvalue weighted by molar-refractivity contribution is -0.139. The molecule has 3 rings (SSSR count). The molecule has 0 bridgehead atoms. The number of hydrazone groups is 1. The zero-order chi connectivity index (χ0) is 25.8. The minimum absolute atomic E-state index is 0.0528. The molecule has 1 heterocycles. The molecule has 0 saturated carbocycles. The average molecular weight is 495 g/mol. The largest absolute Gasteiger partial charge is 0.493 e. The zero-order valence-electron chi connectivity index (χ0n) is 19.3. The Bertz CT molecular complexity index is 1180. The van der Waals surface area contributed by atoms with E-state index in [0.717, 1.165) is 5.56 Å². The third kappa shape index (κ3) is 8.17. The van der Waals surface area contributed by atoms with Crippen molar-refractivity contribution < 1.29 is 33.7 Å². The Morgan fingerprint density at radius 1 is 1.17 bits per heavy atom. The van der Waals surface area contributed by atoms with Crippen molar-refractivity contribution in [1.82, 2.24) is 20.7 Å². The van der Waals surface area contributed by atoms with Gasteiger partial charge in [-0.2, -0.15) is 5.10 Å². The van der Waals surface area contributed by atoms with Crippen LogP contribution in [0.4, 0.5) is 4.79 Å². The van der Waals surface area contributed by atoms with Crippen molar-refractivity contribution in [3.8, 4) is 11.5 Å². The number of carbonyl (C=O) groups is 3. The van der Waals surface area contributed by atoms with E-state index in [0.29, 0.717) is 17.0 Å². The summed E-state index contributed by atoms with van der Waals surface area (Å²) >= 11 is 0. The van der Waals surface area contributed by atoms with Crippen LogP contribution in [-0.2, 0) is 27.4 Å². The van der Waals surface area contributed by atoms with Crippen molar-refractivity contribution in [1.29, 1.82) is 0 Å². The van der Waals surface area contributed by atoms with E-state index < -0.39 is 30.6 Å². The predicted molar refractivity (Wildman–Crippen MR) is 128 cm³/mol. The number of hydrogen-bond donors (Lipinski definition) is 4. The predicted octanol–water partition coefficient (Wildman–Crippen LogP) is 1.87. The van der Waals surface area contributed by atoms with Crippen LogP contribution in [0.3, 0.4) is 0 Å². The molecule has 1 atom stereocenters. The minimum Gasteiger partial charge on any atom is -0.493 e. The molecule has 0 aliphatic carbocycles. The molecule has 12 heteroatoms. The monoisotopic (exact) mass is 495 g/mol. The standard InChI is InChI=1S/C24H25N5O7/c1-34-21-9-17(7-8-20(21)35-14-22(30)31)11-27-29-23(32)19(10-18-12-25-15-26-18)28-24(33)36-13-16-5-3-2-4-6-16/h2-9,11-12,15,19H,10,13-14H2,1H3,(H,25,26)(H,28,33)(H,29,32)(H,30,31)/b27-11-/t19-/m0/s1. The van der Waals surface area contributed by atoms with Crippen molar-refractivity contribution in [3.63, 3.8) is 0 Å². The van der Waals surface area contributed by atoms with Crippen LogP contribution in [0, 0.1) is 0 Å². The number of imidazole rings is 1. The number of hydrogen-bond acceptors (Lipinski definition) is 8. The normalized spacial score (nSPS) is 11.5. The molecule has 12 nitrogen and oxygen atoms in total. The summed E-state index contributed by atoms with van der Waals surface area (Å²) in [7, 11) is 1.41. The number of alkyl carbamates (subject to hydrolysis) is 1. The summed E-state index contributed by atoms with van der Waals surface area (Å²) in [5.74, 6) is -1.15. The third-order valence-electron chi connectivity index (χ3n) is 4.73. The van der Waals surface area contributed by atoms with E-state index in [1.807, 2.05) is 30.3 Å². The van der Waals surface area contributed by atoms with Gasteiger partial charge in [-0.05, 0) is 29.3 Å². The summed E-state index contributed by atoms with van der Waals surface area (Å²) < 4.78 is 15.6. The number of methoxy groups -OCH3 is 1. The maximum atomic E-state index is 12.8. The number of amides is 2. The zero-order valence-corrected chi connectivity index (χ0v) is 19.3. The Hall–Kier alpha value is -4.87. The Balaban J connectivity index is 1.61. The molecule has 3 aromatic rings. The summed E-state index contributed by atoms with van der Waals surface area (Å²) in [6, 6.07) is 12.8. The molecule has 0 aliphatic rings. The van der Waals surface area contributed by atoms with Gasteiger partial charge in [-0.3, -0.25) is 4.79 Å². The lowest BCUT2D eigenvalue weighted by atomic mass is 10.1. The molecule has 0 spiro atoms. The molecule has 0 radical (unpaired) electrons. The first-order chi connectivity index (χ1) is 17.4. The number of carboxylic acids is 1. The van der Waals surface area contributed by atoms with E-state index >= 15 is 0 Å². The lowest BCUT2D eigenvalue weighted by Crippen LogP contribution is -2.47. The first-order valence-corrected chi connectivity index (χ1v) is 10.7. The third-order valence-corrected chi connectivity index (χ3v) is 4.73. The van der Waals surface area contributed by atoms with E-state index in [1.165, 1.54) is 25.7 Å². The molecule has 0 aliphatic heterocycles. The molecule has 188 valence electrons. The number of benzene rings is 2. The fourth-order valence-electron chi connectivity index (χ4n) is 3.00. The van der Waals surface area contributed by atoms with E-state index in [2.05, 4.69) is 25.8 Å². The highest BCUT2D eigenvalue weighted by Crippen LogP contribution is 2.27. The highest BCUT2D eigenvalue weighted by molar-refractivity contribution is 5.87. The van der Waals surface area contributed by atoms with Crippen LogP contribution in [-0.4, -0.2) is 59.0 Å². The van der Waals surface area contributed by atoms with E-state index in [9.17, 15) is 14.4 Å². The van der Waals surface area contributed by atoms with Crippen LogP contribution in [0.15, 0.2) is 66.2 Å². The first-order valence-electron chi connectivity index (χ1n) is 10.7. The van der Waals surface area contributed by atoms with Crippen LogP contribution in [0.5, 0.6) is 11.5 Å². The van der Waals surface area contributed by atoms with Gasteiger partial charge in [-0.1, -0.05) is 30.3 Å². The highest BCUT2D eigenvalue weighted by Gasteiger charge is 2.22. The van der Waals surface area contributed by atoms with Crippen LogP contribution in [0.1, 0.15) is 16.8 Å². The van der Waals surface area contributed by atoms with Crippen molar-refractivity contribution in [2.45, 2.75) is 19.1 Å². The van der Waals surface area contributed by atoms with Crippen molar-refractivity contribution in [2.24, 2.45) is 5.10 Å². The maximum absolute atomic E-state index is 12.8. The Kier molecular flexibility index (Phi) is 9.39. The quantitative estimate of drug-likeness (QED) is 0.218. The summed E-state index contributed by atoms with van der Waals surface area (Å²) in [6.45, 7) is -0.463. The van der Waals surface area contributed by atoms with Gasteiger partial charge in [0, 0.05) is 18.3 Å². The molecular formula is C24H25N5O7. The topological polar surface area (TPSA) is 164 Å². The SMILES string of the molecule is COc1cc(/C=N\NC(=O)[C@H](Cc2cnc[nH]2)NC(=O)OCc2ccccc2)ccc1OCC(=O)O. The molecular weight excluding hydrogens is 470 g/mol. The number of aromatic amines is 1. The second-order valence-corrected chi connectivity index (χ2v) is 7.37. The molecule has 0 fully saturated rings. The molecule has 0 unspecified atom stereocenters. The number of nitrogens with one attached hydrogen (secondary N) is 3. The molecule has 2 aromatic carbocycles. The van der Waals surface area contributed by atoms with Gasteiger partial charge in [0.25, 0.3) is 5.91 Å². The second kappa shape index (κ2) is 13.1. The molecule has 1 aromatic heterocycles. The molecule has 36 heavy (non-hydrogen) atoms. The summed E-state index contributed by atoms with van der Waals surface area (Å²) in [6.07, 6.45) is 3.74. The lowest BCUT2D eigenvalue weighted by Gasteiger charge is -2.16. The second-order valence-electron chi connectivity index (χ2n) is 7.37. The highest BCUT2D eigenvalue weighted by atomic mass is 16.5. The number of H-pyrrole nitrogens is 1. The van der Waals surface area contributed by atoms with Crippen molar-refractivity contribution in [2.75, 3.05) is 13.7 Å². The molecule has 4 N–H and O–H groups in total. The van der Waals surface area contributed by atoms with Gasteiger partial charge in [-0.15, -0.1) is 0 Å². The molecule has 2 amide bonds. The summed E-state index contributed by atoms with van der Waals surface area (Å²) in [5.41, 5.74) is 4.38. The maximum Gasteiger partial charge on any atom is 0.408 e. The average Bonchev–Trinajstić information content (AvgIpc) is 3.40. The number of aromatic nitrogens is 2. The summed E-state index contributed by atoms with van der Waals surface area (Å²) in [5, 5.41) is 15.2. The fraction of sp³-hybridized carbons (Fsp3) is 0.208.